The first-order valence-electron chi connectivity index (χ1n) is 7.46. The largest absolute Gasteiger partial charge is 0.324 e. The van der Waals surface area contributed by atoms with E-state index in [2.05, 4.69) is 33.5 Å². The molecule has 1 fully saturated rings. The van der Waals surface area contributed by atoms with Gasteiger partial charge < -0.3 is 10.6 Å². The highest BCUT2D eigenvalue weighted by Gasteiger charge is 2.20. The van der Waals surface area contributed by atoms with Gasteiger partial charge in [-0.1, -0.05) is 25.5 Å². The maximum absolute atomic E-state index is 11.9. The second-order valence-corrected chi connectivity index (χ2v) is 6.39. The first-order valence-corrected chi connectivity index (χ1v) is 8.26. The topological polar surface area (TPSA) is 41.1 Å². The van der Waals surface area contributed by atoms with E-state index in [4.69, 9.17) is 0 Å². The molecular formula is C16H23BrN2O. The van der Waals surface area contributed by atoms with E-state index in [0.717, 1.165) is 16.1 Å². The maximum Gasteiger partial charge on any atom is 0.238 e. The highest BCUT2D eigenvalue weighted by atomic mass is 79.9. The van der Waals surface area contributed by atoms with Gasteiger partial charge in [0.15, 0.2) is 0 Å². The zero-order chi connectivity index (χ0) is 14.4. The van der Waals surface area contributed by atoms with E-state index in [9.17, 15) is 4.79 Å². The third kappa shape index (κ3) is 4.60. The highest BCUT2D eigenvalue weighted by Crippen LogP contribution is 2.26. The predicted octanol–water partition coefficient (Wildman–Crippen LogP) is 3.95. The average Bonchev–Trinajstić information content (AvgIpc) is 2.48. The number of carbonyl (C=O) groups is 1. The maximum atomic E-state index is 11.9. The van der Waals surface area contributed by atoms with Crippen molar-refractivity contribution in [2.24, 2.45) is 5.92 Å². The summed E-state index contributed by atoms with van der Waals surface area (Å²) in [7, 11) is 0. The standard InChI is InChI=1S/C16H23BrN2O/c1-2-12-7-9-13(10-8-12)18-11-16(20)19-15-6-4-3-5-14(15)17/h3-6,12-13,18H,2,7-11H2,1H3,(H,19,20). The minimum absolute atomic E-state index is 0.0227. The average molecular weight is 339 g/mol. The van der Waals surface area contributed by atoms with Crippen molar-refractivity contribution in [1.82, 2.24) is 5.32 Å². The van der Waals surface area contributed by atoms with Crippen molar-refractivity contribution in [1.29, 1.82) is 0 Å². The molecule has 1 aromatic rings. The lowest BCUT2D eigenvalue weighted by Gasteiger charge is -2.28. The molecule has 0 unspecified atom stereocenters. The molecular weight excluding hydrogens is 316 g/mol. The van der Waals surface area contributed by atoms with Gasteiger partial charge in [-0.05, 0) is 59.7 Å². The second-order valence-electron chi connectivity index (χ2n) is 5.53. The van der Waals surface area contributed by atoms with Crippen LogP contribution in [0.2, 0.25) is 0 Å². The van der Waals surface area contributed by atoms with Gasteiger partial charge in [0, 0.05) is 10.5 Å². The van der Waals surface area contributed by atoms with E-state index in [-0.39, 0.29) is 5.91 Å². The van der Waals surface area contributed by atoms with Crippen molar-refractivity contribution in [3.8, 4) is 0 Å². The van der Waals surface area contributed by atoms with E-state index in [0.29, 0.717) is 12.6 Å². The van der Waals surface area contributed by atoms with Crippen molar-refractivity contribution in [2.75, 3.05) is 11.9 Å². The van der Waals surface area contributed by atoms with E-state index in [1.807, 2.05) is 24.3 Å². The SMILES string of the molecule is CCC1CCC(NCC(=O)Nc2ccccc2Br)CC1. The number of hydrogen-bond acceptors (Lipinski definition) is 2. The summed E-state index contributed by atoms with van der Waals surface area (Å²) in [5.74, 6) is 0.914. The van der Waals surface area contributed by atoms with Crippen LogP contribution < -0.4 is 10.6 Å². The van der Waals surface area contributed by atoms with Crippen LogP contribution in [-0.2, 0) is 4.79 Å². The molecule has 0 heterocycles. The minimum atomic E-state index is 0.0227. The van der Waals surface area contributed by atoms with Crippen molar-refractivity contribution < 1.29 is 4.79 Å². The molecule has 1 aliphatic rings. The van der Waals surface area contributed by atoms with Crippen LogP contribution in [0.5, 0.6) is 0 Å². The Hall–Kier alpha value is -0.870. The summed E-state index contributed by atoms with van der Waals surface area (Å²) in [5.41, 5.74) is 0.828. The van der Waals surface area contributed by atoms with Gasteiger partial charge in [0.25, 0.3) is 0 Å². The molecule has 2 rings (SSSR count). The molecule has 1 amide bonds. The van der Waals surface area contributed by atoms with Crippen LogP contribution >= 0.6 is 15.9 Å². The fourth-order valence-electron chi connectivity index (χ4n) is 2.77. The molecule has 20 heavy (non-hydrogen) atoms. The Morgan fingerprint density at radius 1 is 1.25 bits per heavy atom. The monoisotopic (exact) mass is 338 g/mol. The van der Waals surface area contributed by atoms with E-state index < -0.39 is 0 Å². The number of carbonyl (C=O) groups excluding carboxylic acids is 1. The summed E-state index contributed by atoms with van der Waals surface area (Å²) in [6.45, 7) is 2.66. The molecule has 3 nitrogen and oxygen atoms in total. The quantitative estimate of drug-likeness (QED) is 0.853. The second kappa shape index (κ2) is 7.79. The number of amides is 1. The molecule has 4 heteroatoms. The smallest absolute Gasteiger partial charge is 0.238 e. The molecule has 0 aliphatic heterocycles. The first kappa shape index (κ1) is 15.5. The summed E-state index contributed by atoms with van der Waals surface area (Å²) < 4.78 is 0.914. The van der Waals surface area contributed by atoms with Crippen molar-refractivity contribution in [2.45, 2.75) is 45.1 Å². The lowest BCUT2D eigenvalue weighted by atomic mass is 9.84. The van der Waals surface area contributed by atoms with Crippen LogP contribution in [0.15, 0.2) is 28.7 Å². The predicted molar refractivity (Wildman–Crippen MR) is 86.8 cm³/mol. The minimum Gasteiger partial charge on any atom is -0.324 e. The highest BCUT2D eigenvalue weighted by molar-refractivity contribution is 9.10. The molecule has 0 saturated heterocycles. The number of benzene rings is 1. The fraction of sp³-hybridized carbons (Fsp3) is 0.562. The van der Waals surface area contributed by atoms with Gasteiger partial charge in [-0.3, -0.25) is 4.79 Å². The third-order valence-electron chi connectivity index (χ3n) is 4.12. The molecule has 2 N–H and O–H groups in total. The van der Waals surface area contributed by atoms with Crippen molar-refractivity contribution in [3.63, 3.8) is 0 Å². The van der Waals surface area contributed by atoms with Crippen molar-refractivity contribution >= 4 is 27.5 Å². The molecule has 0 atom stereocenters. The summed E-state index contributed by atoms with van der Waals surface area (Å²) in [6, 6.07) is 8.18. The van der Waals surface area contributed by atoms with Gasteiger partial charge in [-0.25, -0.2) is 0 Å². The number of rotatable bonds is 5. The van der Waals surface area contributed by atoms with Gasteiger partial charge in [-0.2, -0.15) is 0 Å². The van der Waals surface area contributed by atoms with E-state index >= 15 is 0 Å². The summed E-state index contributed by atoms with van der Waals surface area (Å²) in [4.78, 5) is 11.9. The zero-order valence-corrected chi connectivity index (χ0v) is 13.6. The Labute approximate surface area is 129 Å². The lowest BCUT2D eigenvalue weighted by molar-refractivity contribution is -0.115. The molecule has 0 aromatic heterocycles. The Bertz CT molecular complexity index is 442. The normalized spacial score (nSPS) is 22.5. The van der Waals surface area contributed by atoms with Crippen LogP contribution in [0.3, 0.4) is 0 Å². The number of hydrogen-bond donors (Lipinski definition) is 2. The zero-order valence-electron chi connectivity index (χ0n) is 12.0. The third-order valence-corrected chi connectivity index (χ3v) is 4.81. The van der Waals surface area contributed by atoms with Gasteiger partial charge in [0.2, 0.25) is 5.91 Å². The Kier molecular flexibility index (Phi) is 6.05. The Balaban J connectivity index is 1.72. The van der Waals surface area contributed by atoms with Crippen molar-refractivity contribution in [3.05, 3.63) is 28.7 Å². The number of anilines is 1. The lowest BCUT2D eigenvalue weighted by Crippen LogP contribution is -2.38. The number of nitrogens with one attached hydrogen (secondary N) is 2. The van der Waals surface area contributed by atoms with Crippen LogP contribution in [0.4, 0.5) is 5.69 Å². The van der Waals surface area contributed by atoms with Gasteiger partial charge >= 0.3 is 0 Å². The van der Waals surface area contributed by atoms with Gasteiger partial charge in [0.05, 0.1) is 12.2 Å². The Morgan fingerprint density at radius 3 is 2.60 bits per heavy atom. The van der Waals surface area contributed by atoms with Crippen LogP contribution in [0.25, 0.3) is 0 Å². The van der Waals surface area contributed by atoms with Gasteiger partial charge in [-0.15, -0.1) is 0 Å². The molecule has 1 aromatic carbocycles. The number of halogens is 1. The van der Waals surface area contributed by atoms with E-state index in [1.54, 1.807) is 0 Å². The fourth-order valence-corrected chi connectivity index (χ4v) is 3.15. The van der Waals surface area contributed by atoms with Crippen LogP contribution in [0.1, 0.15) is 39.0 Å². The van der Waals surface area contributed by atoms with Gasteiger partial charge in [0.1, 0.15) is 0 Å². The number of para-hydroxylation sites is 1. The van der Waals surface area contributed by atoms with Crippen LogP contribution in [0, 0.1) is 5.92 Å². The molecule has 1 saturated carbocycles. The molecule has 0 radical (unpaired) electrons. The van der Waals surface area contributed by atoms with Crippen LogP contribution in [-0.4, -0.2) is 18.5 Å². The molecule has 1 aliphatic carbocycles. The summed E-state index contributed by atoms with van der Waals surface area (Å²) >= 11 is 3.43. The molecule has 110 valence electrons. The summed E-state index contributed by atoms with van der Waals surface area (Å²) in [5, 5.41) is 6.30. The molecule has 0 spiro atoms. The molecule has 0 bridgehead atoms. The van der Waals surface area contributed by atoms with E-state index in [1.165, 1.54) is 32.1 Å². The summed E-state index contributed by atoms with van der Waals surface area (Å²) in [6.07, 6.45) is 6.26. The Morgan fingerprint density at radius 2 is 1.95 bits per heavy atom. The first-order chi connectivity index (χ1) is 9.69.